The van der Waals surface area contributed by atoms with E-state index < -0.39 is 14.1 Å². The molecule has 4 rings (SSSR count). The van der Waals surface area contributed by atoms with E-state index in [-0.39, 0.29) is 35.7 Å². The lowest BCUT2D eigenvalue weighted by Crippen LogP contribution is -2.47. The zero-order valence-corrected chi connectivity index (χ0v) is 24.7. The molecule has 1 saturated carbocycles. The number of Topliss-reactive ketones (excluding diaryl/α,β-unsaturated/α-hetero) is 1. The van der Waals surface area contributed by atoms with Crippen molar-refractivity contribution in [2.75, 3.05) is 0 Å². The van der Waals surface area contributed by atoms with E-state index in [9.17, 15) is 9.59 Å². The van der Waals surface area contributed by atoms with Gasteiger partial charge in [0, 0.05) is 23.6 Å². The van der Waals surface area contributed by atoms with Gasteiger partial charge in [-0.25, -0.2) is 4.79 Å². The molecule has 1 amide bonds. The molecule has 0 bridgehead atoms. The first-order chi connectivity index (χ1) is 17.4. The molecule has 0 N–H and O–H groups in total. The molecule has 0 saturated heterocycles. The largest absolute Gasteiger partial charge is 0.446 e. The normalized spacial score (nSPS) is 25.0. The smallest absolute Gasteiger partial charge is 0.414 e. The number of carbonyl (C=O) groups is 2. The SMILES string of the molecule is C[C@@H]1CC[C@@H](C(C)(C)c2ccccc2)[C@H](OC(=O)N2C=C([Si](C)(C)C)C(=O)C[C@H]2c2ccc(Cl)cc2)C1. The van der Waals surface area contributed by atoms with Crippen LogP contribution in [0.5, 0.6) is 0 Å². The summed E-state index contributed by atoms with van der Waals surface area (Å²) in [6.07, 6.45) is 4.47. The van der Waals surface area contributed by atoms with Gasteiger partial charge in [0.1, 0.15) is 6.10 Å². The molecule has 2 aromatic carbocycles. The van der Waals surface area contributed by atoms with E-state index in [1.54, 1.807) is 11.1 Å². The number of rotatable bonds is 5. The van der Waals surface area contributed by atoms with Crippen LogP contribution in [0.2, 0.25) is 24.7 Å². The summed E-state index contributed by atoms with van der Waals surface area (Å²) < 4.78 is 6.41. The number of allylic oxidation sites excluding steroid dienone is 1. The molecular formula is C31H40ClNO3Si. The molecule has 6 heteroatoms. The summed E-state index contributed by atoms with van der Waals surface area (Å²) in [5.41, 5.74) is 2.01. The Balaban J connectivity index is 1.67. The molecule has 1 fully saturated rings. The predicted molar refractivity (Wildman–Crippen MR) is 153 cm³/mol. The van der Waals surface area contributed by atoms with Gasteiger partial charge < -0.3 is 4.74 Å². The maximum absolute atomic E-state index is 13.9. The van der Waals surface area contributed by atoms with E-state index in [4.69, 9.17) is 16.3 Å². The van der Waals surface area contributed by atoms with Gasteiger partial charge in [-0.15, -0.1) is 0 Å². The fourth-order valence-corrected chi connectivity index (χ4v) is 7.59. The highest BCUT2D eigenvalue weighted by Crippen LogP contribution is 2.44. The second-order valence-corrected chi connectivity index (χ2v) is 17.9. The minimum Gasteiger partial charge on any atom is -0.446 e. The van der Waals surface area contributed by atoms with Crippen molar-refractivity contribution in [3.05, 3.63) is 82.1 Å². The number of hydrogen-bond acceptors (Lipinski definition) is 3. The molecule has 0 radical (unpaired) electrons. The summed E-state index contributed by atoms with van der Waals surface area (Å²) in [4.78, 5) is 28.8. The van der Waals surface area contributed by atoms with Gasteiger partial charge >= 0.3 is 6.09 Å². The van der Waals surface area contributed by atoms with E-state index in [1.165, 1.54) is 5.56 Å². The molecule has 1 heterocycles. The van der Waals surface area contributed by atoms with E-state index in [0.717, 1.165) is 30.0 Å². The van der Waals surface area contributed by atoms with Gasteiger partial charge in [0.25, 0.3) is 0 Å². The van der Waals surface area contributed by atoms with Crippen LogP contribution in [-0.4, -0.2) is 31.0 Å². The summed E-state index contributed by atoms with van der Waals surface area (Å²) in [5.74, 6) is 0.817. The molecule has 2 aliphatic rings. The Morgan fingerprint density at radius 2 is 1.68 bits per heavy atom. The van der Waals surface area contributed by atoms with Crippen LogP contribution in [0.25, 0.3) is 0 Å². The Hall–Kier alpha value is -2.37. The Bertz CT molecular complexity index is 1150. The quantitative estimate of drug-likeness (QED) is 0.360. The average molecular weight is 538 g/mol. The van der Waals surface area contributed by atoms with Crippen molar-refractivity contribution in [2.45, 2.75) is 83.7 Å². The first-order valence-electron chi connectivity index (χ1n) is 13.4. The van der Waals surface area contributed by atoms with Crippen LogP contribution in [-0.2, 0) is 14.9 Å². The first kappa shape index (κ1) is 27.7. The molecular weight excluding hydrogens is 498 g/mol. The van der Waals surface area contributed by atoms with Crippen LogP contribution in [0.1, 0.15) is 63.6 Å². The van der Waals surface area contributed by atoms with Crippen LogP contribution in [0.3, 0.4) is 0 Å². The highest BCUT2D eigenvalue weighted by Gasteiger charge is 2.44. The third kappa shape index (κ3) is 6.04. The van der Waals surface area contributed by atoms with Crippen LogP contribution in [0, 0.1) is 11.8 Å². The average Bonchev–Trinajstić information content (AvgIpc) is 2.84. The third-order valence-corrected chi connectivity index (χ3v) is 10.6. The van der Waals surface area contributed by atoms with Gasteiger partial charge in [0.2, 0.25) is 0 Å². The molecule has 0 unspecified atom stereocenters. The lowest BCUT2D eigenvalue weighted by atomic mass is 9.64. The Labute approximate surface area is 228 Å². The number of amides is 1. The molecule has 1 aliphatic heterocycles. The zero-order valence-electron chi connectivity index (χ0n) is 23.0. The summed E-state index contributed by atoms with van der Waals surface area (Å²) in [6.45, 7) is 13.2. The number of nitrogens with zero attached hydrogens (tertiary/aromatic N) is 1. The number of halogens is 1. The first-order valence-corrected chi connectivity index (χ1v) is 17.3. The Morgan fingerprint density at radius 3 is 2.30 bits per heavy atom. The van der Waals surface area contributed by atoms with Crippen molar-refractivity contribution in [1.82, 2.24) is 4.90 Å². The summed E-state index contributed by atoms with van der Waals surface area (Å²) in [7, 11) is -1.96. The van der Waals surface area contributed by atoms with Crippen molar-refractivity contribution >= 4 is 31.6 Å². The van der Waals surface area contributed by atoms with Gasteiger partial charge in [-0.2, -0.15) is 0 Å². The highest BCUT2D eigenvalue weighted by molar-refractivity contribution is 6.87. The summed E-state index contributed by atoms with van der Waals surface area (Å²) in [6, 6.07) is 17.6. The number of ether oxygens (including phenoxy) is 1. The fourth-order valence-electron chi connectivity index (χ4n) is 6.00. The molecule has 0 spiro atoms. The Kier molecular flexibility index (Phi) is 8.06. The maximum Gasteiger partial charge on any atom is 0.414 e. The Morgan fingerprint density at radius 1 is 1.03 bits per heavy atom. The van der Waals surface area contributed by atoms with Gasteiger partial charge in [0.15, 0.2) is 5.78 Å². The standard InChI is InChI=1S/C31H40ClNO3Si/c1-21-12-17-25(31(2,3)23-10-8-7-9-11-23)28(18-21)36-30(35)33-20-29(37(4,5)6)27(34)19-26(33)22-13-15-24(32)16-14-22/h7-11,13-16,20-21,25-26,28H,12,17-19H2,1-6H3/t21-,25-,26+,28-/m1/s1. The number of ketones is 1. The van der Waals surface area contributed by atoms with E-state index in [0.29, 0.717) is 10.9 Å². The fraction of sp³-hybridized carbons (Fsp3) is 0.484. The van der Waals surface area contributed by atoms with Crippen LogP contribution in [0.4, 0.5) is 4.79 Å². The van der Waals surface area contributed by atoms with Crippen LogP contribution < -0.4 is 0 Å². The van der Waals surface area contributed by atoms with Gasteiger partial charge in [0.05, 0.1) is 14.1 Å². The second kappa shape index (κ2) is 10.8. The van der Waals surface area contributed by atoms with E-state index in [1.807, 2.05) is 30.3 Å². The van der Waals surface area contributed by atoms with E-state index in [2.05, 4.69) is 64.7 Å². The third-order valence-electron chi connectivity index (χ3n) is 8.31. The van der Waals surface area contributed by atoms with Crippen molar-refractivity contribution in [1.29, 1.82) is 0 Å². The van der Waals surface area contributed by atoms with Crippen LogP contribution in [0.15, 0.2) is 66.0 Å². The van der Waals surface area contributed by atoms with Crippen molar-refractivity contribution in [3.8, 4) is 0 Å². The molecule has 1 aliphatic carbocycles. The molecule has 4 nitrogen and oxygen atoms in total. The van der Waals surface area contributed by atoms with E-state index >= 15 is 0 Å². The molecule has 4 atom stereocenters. The topological polar surface area (TPSA) is 46.6 Å². The van der Waals surface area contributed by atoms with Crippen molar-refractivity contribution in [3.63, 3.8) is 0 Å². The van der Waals surface area contributed by atoms with Crippen molar-refractivity contribution in [2.24, 2.45) is 11.8 Å². The maximum atomic E-state index is 13.9. The van der Waals surface area contributed by atoms with Crippen LogP contribution >= 0.6 is 11.6 Å². The molecule has 0 aromatic heterocycles. The summed E-state index contributed by atoms with van der Waals surface area (Å²) in [5, 5.41) is 1.41. The second-order valence-electron chi connectivity index (χ2n) is 12.4. The van der Waals surface area contributed by atoms with Gasteiger partial charge in [-0.05, 0) is 52.6 Å². The lowest BCUT2D eigenvalue weighted by Gasteiger charge is -2.45. The summed E-state index contributed by atoms with van der Waals surface area (Å²) >= 11 is 6.13. The lowest BCUT2D eigenvalue weighted by molar-refractivity contribution is -0.116. The predicted octanol–water partition coefficient (Wildman–Crippen LogP) is 8.34. The molecule has 2 aromatic rings. The van der Waals surface area contributed by atoms with Gasteiger partial charge in [-0.1, -0.05) is 101 Å². The monoisotopic (exact) mass is 537 g/mol. The van der Waals surface area contributed by atoms with Crippen molar-refractivity contribution < 1.29 is 14.3 Å². The molecule has 37 heavy (non-hydrogen) atoms. The number of carbonyl (C=O) groups excluding carboxylic acids is 2. The zero-order chi connectivity index (χ0) is 27.0. The molecule has 198 valence electrons. The number of hydrogen-bond donors (Lipinski definition) is 0. The minimum absolute atomic E-state index is 0.123. The minimum atomic E-state index is -1.96. The number of benzene rings is 2. The highest BCUT2D eigenvalue weighted by atomic mass is 35.5. The van der Waals surface area contributed by atoms with Gasteiger partial charge in [-0.3, -0.25) is 9.69 Å².